The van der Waals surface area contributed by atoms with Crippen LogP contribution < -0.4 is 0 Å². The van der Waals surface area contributed by atoms with Crippen molar-refractivity contribution < 1.29 is 4.74 Å². The summed E-state index contributed by atoms with van der Waals surface area (Å²) in [7, 11) is 0. The molecule has 0 N–H and O–H groups in total. The van der Waals surface area contributed by atoms with Crippen molar-refractivity contribution in [2.45, 2.75) is 11.4 Å². The van der Waals surface area contributed by atoms with Crippen LogP contribution in [0.25, 0.3) is 0 Å². The highest BCUT2D eigenvalue weighted by Crippen LogP contribution is 2.18. The van der Waals surface area contributed by atoms with E-state index in [1.54, 1.807) is 0 Å². The quantitative estimate of drug-likeness (QED) is 0.629. The Kier molecular flexibility index (Phi) is 4.65. The lowest BCUT2D eigenvalue weighted by molar-refractivity contribution is 0.0337. The van der Waals surface area contributed by atoms with Crippen LogP contribution in [0, 0.1) is 0 Å². The summed E-state index contributed by atoms with van der Waals surface area (Å²) in [6.07, 6.45) is 0.973. The van der Waals surface area contributed by atoms with Crippen molar-refractivity contribution in [1.82, 2.24) is 4.90 Å². The van der Waals surface area contributed by atoms with Gasteiger partial charge in [-0.2, -0.15) is 0 Å². The van der Waals surface area contributed by atoms with Gasteiger partial charge in [0.05, 0.1) is 18.2 Å². The van der Waals surface area contributed by atoms with Gasteiger partial charge in [0.25, 0.3) is 0 Å². The molecule has 1 fully saturated rings. The maximum absolute atomic E-state index is 5.97. The molecule has 0 spiro atoms. The molecule has 0 saturated carbocycles. The molecule has 0 radical (unpaired) electrons. The monoisotopic (exact) mass is 303 g/mol. The van der Waals surface area contributed by atoms with Gasteiger partial charge in [0.15, 0.2) is 0 Å². The predicted molar refractivity (Wildman–Crippen MR) is 70.3 cm³/mol. The van der Waals surface area contributed by atoms with E-state index in [4.69, 9.17) is 16.3 Å². The molecule has 1 aliphatic heterocycles. The maximum Gasteiger partial charge on any atom is 0.0697 e. The summed E-state index contributed by atoms with van der Waals surface area (Å²) in [5, 5.41) is 0.805. The Bertz CT molecular complexity index is 342. The molecular formula is C12H15BrClNO. The van der Waals surface area contributed by atoms with Crippen LogP contribution in [0.1, 0.15) is 5.56 Å². The molecule has 1 heterocycles. The van der Waals surface area contributed by atoms with E-state index >= 15 is 0 Å². The fourth-order valence-electron chi connectivity index (χ4n) is 1.85. The van der Waals surface area contributed by atoms with E-state index in [9.17, 15) is 0 Å². The Labute approximate surface area is 110 Å². The molecule has 0 bridgehead atoms. The lowest BCUT2D eigenvalue weighted by Gasteiger charge is -2.31. The number of rotatable bonds is 3. The van der Waals surface area contributed by atoms with E-state index in [1.165, 1.54) is 5.56 Å². The average Bonchev–Trinajstić information content (AvgIpc) is 2.30. The molecule has 88 valence electrons. The molecule has 1 aromatic rings. The molecule has 0 amide bonds. The van der Waals surface area contributed by atoms with Crippen LogP contribution in [0.4, 0.5) is 0 Å². The van der Waals surface area contributed by atoms with Gasteiger partial charge < -0.3 is 4.74 Å². The molecule has 2 rings (SSSR count). The number of alkyl halides is 1. The highest BCUT2D eigenvalue weighted by molar-refractivity contribution is 9.09. The van der Waals surface area contributed by atoms with Crippen LogP contribution in [0.15, 0.2) is 24.3 Å². The summed E-state index contributed by atoms with van der Waals surface area (Å²) >= 11 is 9.69. The average molecular weight is 305 g/mol. The Morgan fingerprint density at radius 3 is 2.81 bits per heavy atom. The topological polar surface area (TPSA) is 12.5 Å². The molecule has 0 aliphatic carbocycles. The zero-order valence-corrected chi connectivity index (χ0v) is 11.4. The van der Waals surface area contributed by atoms with Crippen LogP contribution in [0.2, 0.25) is 5.02 Å². The van der Waals surface area contributed by atoms with Crippen molar-refractivity contribution in [2.24, 2.45) is 0 Å². The SMILES string of the molecule is Clc1cccc(CC(Br)N2CCOCC2)c1. The second kappa shape index (κ2) is 6.01. The Morgan fingerprint density at radius 1 is 1.38 bits per heavy atom. The number of ether oxygens (including phenoxy) is 1. The van der Waals surface area contributed by atoms with Crippen molar-refractivity contribution in [3.05, 3.63) is 34.9 Å². The Hall–Kier alpha value is -0.0900. The summed E-state index contributed by atoms with van der Waals surface area (Å²) in [5.41, 5.74) is 1.26. The maximum atomic E-state index is 5.97. The Balaban J connectivity index is 1.93. The number of benzene rings is 1. The molecule has 16 heavy (non-hydrogen) atoms. The number of hydrogen-bond donors (Lipinski definition) is 0. The normalized spacial score (nSPS) is 19.6. The van der Waals surface area contributed by atoms with E-state index in [0.717, 1.165) is 37.7 Å². The van der Waals surface area contributed by atoms with Crippen LogP contribution >= 0.6 is 27.5 Å². The molecular weight excluding hydrogens is 289 g/mol. The van der Waals surface area contributed by atoms with Crippen LogP contribution in [0.5, 0.6) is 0 Å². The van der Waals surface area contributed by atoms with Gasteiger partial charge in [-0.1, -0.05) is 39.7 Å². The van der Waals surface area contributed by atoms with E-state index < -0.39 is 0 Å². The third-order valence-electron chi connectivity index (χ3n) is 2.74. The zero-order valence-electron chi connectivity index (χ0n) is 9.03. The molecule has 2 nitrogen and oxygen atoms in total. The summed E-state index contributed by atoms with van der Waals surface area (Å²) in [4.78, 5) is 2.76. The zero-order chi connectivity index (χ0) is 11.4. The molecule has 1 aliphatic rings. The molecule has 0 aromatic heterocycles. The minimum Gasteiger partial charge on any atom is -0.379 e. The minimum atomic E-state index is 0.370. The first kappa shape index (κ1) is 12.4. The summed E-state index contributed by atoms with van der Waals surface area (Å²) in [5.74, 6) is 0. The van der Waals surface area contributed by atoms with Crippen molar-refractivity contribution in [1.29, 1.82) is 0 Å². The smallest absolute Gasteiger partial charge is 0.0697 e. The van der Waals surface area contributed by atoms with Crippen molar-refractivity contribution in [3.63, 3.8) is 0 Å². The molecule has 4 heteroatoms. The highest BCUT2D eigenvalue weighted by Gasteiger charge is 2.18. The number of nitrogens with zero attached hydrogens (tertiary/aromatic N) is 1. The van der Waals surface area contributed by atoms with Gasteiger partial charge in [-0.15, -0.1) is 0 Å². The van der Waals surface area contributed by atoms with Gasteiger partial charge in [-0.3, -0.25) is 4.90 Å². The third kappa shape index (κ3) is 3.45. The first-order valence-corrected chi connectivity index (χ1v) is 6.75. The van der Waals surface area contributed by atoms with Gasteiger partial charge in [0, 0.05) is 18.1 Å². The summed E-state index contributed by atoms with van der Waals surface area (Å²) in [6.45, 7) is 3.66. The van der Waals surface area contributed by atoms with E-state index in [-0.39, 0.29) is 0 Å². The standard InChI is InChI=1S/C12H15BrClNO/c13-12(15-4-6-16-7-5-15)9-10-2-1-3-11(14)8-10/h1-3,8,12H,4-7,9H2. The molecule has 1 aromatic carbocycles. The fraction of sp³-hybridized carbons (Fsp3) is 0.500. The minimum absolute atomic E-state index is 0.370. The fourth-order valence-corrected chi connectivity index (χ4v) is 2.84. The number of halogens is 2. The molecule has 1 saturated heterocycles. The van der Waals surface area contributed by atoms with E-state index in [2.05, 4.69) is 26.9 Å². The third-order valence-corrected chi connectivity index (χ3v) is 3.87. The summed E-state index contributed by atoms with van der Waals surface area (Å²) < 4.78 is 5.34. The second-order valence-corrected chi connectivity index (χ2v) is 5.41. The first-order chi connectivity index (χ1) is 7.75. The molecule has 1 unspecified atom stereocenters. The molecule has 1 atom stereocenters. The van der Waals surface area contributed by atoms with Crippen molar-refractivity contribution >= 4 is 27.5 Å². The van der Waals surface area contributed by atoms with Gasteiger partial charge >= 0.3 is 0 Å². The van der Waals surface area contributed by atoms with E-state index in [0.29, 0.717) is 4.95 Å². The summed E-state index contributed by atoms with van der Waals surface area (Å²) in [6, 6.07) is 8.04. The predicted octanol–water partition coefficient (Wildman–Crippen LogP) is 2.94. The van der Waals surface area contributed by atoms with Crippen LogP contribution in [0.3, 0.4) is 0 Å². The largest absolute Gasteiger partial charge is 0.379 e. The highest BCUT2D eigenvalue weighted by atomic mass is 79.9. The van der Waals surface area contributed by atoms with Crippen LogP contribution in [-0.4, -0.2) is 36.2 Å². The Morgan fingerprint density at radius 2 is 2.12 bits per heavy atom. The van der Waals surface area contributed by atoms with Gasteiger partial charge in [0.1, 0.15) is 0 Å². The number of hydrogen-bond acceptors (Lipinski definition) is 2. The second-order valence-electron chi connectivity index (χ2n) is 3.92. The van der Waals surface area contributed by atoms with Crippen molar-refractivity contribution in [3.8, 4) is 0 Å². The van der Waals surface area contributed by atoms with Gasteiger partial charge in [0.2, 0.25) is 0 Å². The lowest BCUT2D eigenvalue weighted by atomic mass is 10.1. The first-order valence-electron chi connectivity index (χ1n) is 5.46. The van der Waals surface area contributed by atoms with Gasteiger partial charge in [-0.25, -0.2) is 0 Å². The number of morpholine rings is 1. The van der Waals surface area contributed by atoms with Crippen LogP contribution in [-0.2, 0) is 11.2 Å². The van der Waals surface area contributed by atoms with Crippen molar-refractivity contribution in [2.75, 3.05) is 26.3 Å². The van der Waals surface area contributed by atoms with E-state index in [1.807, 2.05) is 18.2 Å². The lowest BCUT2D eigenvalue weighted by Crippen LogP contribution is -2.41. The van der Waals surface area contributed by atoms with Gasteiger partial charge in [-0.05, 0) is 24.1 Å².